The molecule has 2 heteroatoms. The van der Waals surface area contributed by atoms with Gasteiger partial charge in [-0.15, -0.1) is 5.92 Å². The van der Waals surface area contributed by atoms with E-state index in [0.717, 1.165) is 31.2 Å². The number of phenols is 1. The van der Waals surface area contributed by atoms with Crippen LogP contribution in [0.1, 0.15) is 68.6 Å². The van der Waals surface area contributed by atoms with Crippen molar-refractivity contribution in [2.24, 2.45) is 17.3 Å². The summed E-state index contributed by atoms with van der Waals surface area (Å²) in [5, 5.41) is 20.7. The number of fused-ring (bicyclic) bond motifs is 5. The van der Waals surface area contributed by atoms with Crippen LogP contribution in [-0.2, 0) is 6.42 Å². The number of phenolic OH excluding ortho intramolecular Hbond substituents is 1. The molecule has 5 atom stereocenters. The van der Waals surface area contributed by atoms with Gasteiger partial charge in [-0.25, -0.2) is 0 Å². The molecule has 3 aliphatic rings. The zero-order valence-electron chi connectivity index (χ0n) is 14.1. The average molecular weight is 310 g/mol. The first-order valence-corrected chi connectivity index (χ1v) is 9.01. The average Bonchev–Trinajstić information content (AvgIpc) is 2.84. The van der Waals surface area contributed by atoms with Gasteiger partial charge < -0.3 is 10.2 Å². The summed E-state index contributed by atoms with van der Waals surface area (Å²) in [5.41, 5.74) is 3.63. The molecule has 0 spiro atoms. The second kappa shape index (κ2) is 5.28. The monoisotopic (exact) mass is 310 g/mol. The van der Waals surface area contributed by atoms with Gasteiger partial charge in [0.1, 0.15) is 5.75 Å². The van der Waals surface area contributed by atoms with Crippen LogP contribution in [0.15, 0.2) is 12.1 Å². The number of benzene rings is 1. The van der Waals surface area contributed by atoms with E-state index in [9.17, 15) is 10.2 Å². The summed E-state index contributed by atoms with van der Waals surface area (Å²) in [6.07, 6.45) is 6.56. The van der Waals surface area contributed by atoms with Crippen LogP contribution in [0.5, 0.6) is 5.75 Å². The maximum atomic E-state index is 10.5. The van der Waals surface area contributed by atoms with Gasteiger partial charge in [0.25, 0.3) is 0 Å². The van der Waals surface area contributed by atoms with Gasteiger partial charge >= 0.3 is 0 Å². The summed E-state index contributed by atoms with van der Waals surface area (Å²) < 4.78 is 0. The zero-order valence-corrected chi connectivity index (χ0v) is 14.1. The van der Waals surface area contributed by atoms with Crippen molar-refractivity contribution in [2.75, 3.05) is 0 Å². The Kier molecular flexibility index (Phi) is 3.46. The minimum absolute atomic E-state index is 0.115. The molecule has 4 rings (SSSR count). The molecular weight excluding hydrogens is 284 g/mol. The van der Waals surface area contributed by atoms with Crippen molar-refractivity contribution >= 4 is 0 Å². The van der Waals surface area contributed by atoms with Crippen LogP contribution >= 0.6 is 0 Å². The van der Waals surface area contributed by atoms with Crippen LogP contribution in [-0.4, -0.2) is 16.3 Å². The van der Waals surface area contributed by atoms with Gasteiger partial charge in [0, 0.05) is 0 Å². The molecule has 2 saturated carbocycles. The number of aliphatic hydroxyl groups is 1. The first-order chi connectivity index (χ1) is 11.0. The van der Waals surface area contributed by atoms with Crippen LogP contribution in [0.25, 0.3) is 0 Å². The number of aliphatic hydroxyl groups excluding tert-OH is 1. The second-order valence-electron chi connectivity index (χ2n) is 8.00. The van der Waals surface area contributed by atoms with E-state index in [1.807, 2.05) is 13.0 Å². The van der Waals surface area contributed by atoms with E-state index in [1.54, 1.807) is 0 Å². The number of aryl methyl sites for hydroxylation is 1. The molecular formula is C21H26O2. The molecule has 0 aromatic heterocycles. The quantitative estimate of drug-likeness (QED) is 0.712. The molecule has 0 unspecified atom stereocenters. The Balaban J connectivity index is 1.74. The van der Waals surface area contributed by atoms with E-state index < -0.39 is 0 Å². The van der Waals surface area contributed by atoms with Crippen molar-refractivity contribution < 1.29 is 10.2 Å². The summed E-state index contributed by atoms with van der Waals surface area (Å²) in [6.45, 7) is 4.12. The Morgan fingerprint density at radius 2 is 2.00 bits per heavy atom. The molecule has 0 saturated heterocycles. The predicted molar refractivity (Wildman–Crippen MR) is 91.3 cm³/mol. The molecule has 0 heterocycles. The third-order valence-electron chi connectivity index (χ3n) is 7.05. The van der Waals surface area contributed by atoms with Crippen molar-refractivity contribution in [1.29, 1.82) is 0 Å². The van der Waals surface area contributed by atoms with Gasteiger partial charge in [-0.05, 0) is 91.9 Å². The Morgan fingerprint density at radius 3 is 2.78 bits per heavy atom. The van der Waals surface area contributed by atoms with E-state index >= 15 is 0 Å². The molecule has 0 radical (unpaired) electrons. The van der Waals surface area contributed by atoms with Gasteiger partial charge in [0.15, 0.2) is 0 Å². The topological polar surface area (TPSA) is 40.5 Å². The van der Waals surface area contributed by atoms with Gasteiger partial charge in [0.2, 0.25) is 0 Å². The lowest BCUT2D eigenvalue weighted by Gasteiger charge is -2.50. The molecule has 122 valence electrons. The fourth-order valence-corrected chi connectivity index (χ4v) is 5.82. The van der Waals surface area contributed by atoms with Crippen molar-refractivity contribution in [3.05, 3.63) is 28.8 Å². The molecule has 23 heavy (non-hydrogen) atoms. The van der Waals surface area contributed by atoms with Crippen LogP contribution in [0.3, 0.4) is 0 Å². The first kappa shape index (κ1) is 15.1. The largest absolute Gasteiger partial charge is 0.507 e. The highest BCUT2D eigenvalue weighted by Gasteiger charge is 2.54. The van der Waals surface area contributed by atoms with Crippen molar-refractivity contribution in [1.82, 2.24) is 0 Å². The molecule has 3 aliphatic carbocycles. The van der Waals surface area contributed by atoms with Gasteiger partial charge in [-0.1, -0.05) is 12.8 Å². The molecule has 0 bridgehead atoms. The standard InChI is InChI=1S/C21H26O2/c1-3-4-14-11-17-13(12-19(14)22)5-6-16-15(17)9-10-21(2)18(16)7-8-20(21)23/h11-12,15-16,18,20,22-23H,5-10H2,1-2H3/t15-,16+,18+,20-,21-/m0/s1. The summed E-state index contributed by atoms with van der Waals surface area (Å²) in [7, 11) is 0. The number of rotatable bonds is 0. The third kappa shape index (κ3) is 2.13. The Labute approximate surface area is 138 Å². The van der Waals surface area contributed by atoms with Crippen molar-refractivity contribution in [2.45, 2.75) is 64.4 Å². The van der Waals surface area contributed by atoms with E-state index in [4.69, 9.17) is 0 Å². The van der Waals surface area contributed by atoms with Crippen LogP contribution in [0.2, 0.25) is 0 Å². The summed E-state index contributed by atoms with van der Waals surface area (Å²) in [5.74, 6) is 8.20. The highest BCUT2D eigenvalue weighted by atomic mass is 16.3. The van der Waals surface area contributed by atoms with Crippen LogP contribution in [0.4, 0.5) is 0 Å². The smallest absolute Gasteiger partial charge is 0.131 e. The van der Waals surface area contributed by atoms with Crippen LogP contribution < -0.4 is 0 Å². The third-order valence-corrected chi connectivity index (χ3v) is 7.05. The number of aromatic hydroxyl groups is 1. The number of hydrogen-bond donors (Lipinski definition) is 2. The SMILES string of the molecule is CC#Cc1cc2c(cc1O)CC[C@@H]1[C@@H]2CC[C@@]2(C)[C@@H]1CC[C@@H]2O. The van der Waals surface area contributed by atoms with Crippen LogP contribution in [0, 0.1) is 29.1 Å². The summed E-state index contributed by atoms with van der Waals surface area (Å²) in [4.78, 5) is 0. The van der Waals surface area contributed by atoms with E-state index in [-0.39, 0.29) is 11.5 Å². The van der Waals surface area contributed by atoms with Gasteiger partial charge in [0.05, 0.1) is 11.7 Å². The van der Waals surface area contributed by atoms with Crippen molar-refractivity contribution in [3.63, 3.8) is 0 Å². The van der Waals surface area contributed by atoms with Gasteiger partial charge in [-0.2, -0.15) is 0 Å². The second-order valence-corrected chi connectivity index (χ2v) is 8.00. The minimum atomic E-state index is -0.115. The molecule has 1 aromatic rings. The first-order valence-electron chi connectivity index (χ1n) is 9.01. The van der Waals surface area contributed by atoms with E-state index in [0.29, 0.717) is 23.5 Å². The molecule has 0 aliphatic heterocycles. The molecule has 2 fully saturated rings. The molecule has 2 nitrogen and oxygen atoms in total. The van der Waals surface area contributed by atoms with E-state index in [2.05, 4.69) is 24.8 Å². The summed E-state index contributed by atoms with van der Waals surface area (Å²) >= 11 is 0. The fraction of sp³-hybridized carbons (Fsp3) is 0.619. The van der Waals surface area contributed by atoms with E-state index in [1.165, 1.54) is 24.0 Å². The maximum Gasteiger partial charge on any atom is 0.131 e. The lowest BCUT2D eigenvalue weighted by molar-refractivity contribution is -0.0226. The number of hydrogen-bond acceptors (Lipinski definition) is 2. The lowest BCUT2D eigenvalue weighted by atomic mass is 9.55. The Morgan fingerprint density at radius 1 is 1.17 bits per heavy atom. The minimum Gasteiger partial charge on any atom is -0.507 e. The lowest BCUT2D eigenvalue weighted by Crippen LogP contribution is -2.43. The molecule has 2 N–H and O–H groups in total. The summed E-state index contributed by atoms with van der Waals surface area (Å²) in [6, 6.07) is 4.09. The Bertz CT molecular complexity index is 696. The zero-order chi connectivity index (χ0) is 16.2. The maximum absolute atomic E-state index is 10.5. The van der Waals surface area contributed by atoms with Gasteiger partial charge in [-0.3, -0.25) is 0 Å². The molecule has 0 amide bonds. The normalized spacial score (nSPS) is 38.0. The fourth-order valence-electron chi connectivity index (χ4n) is 5.82. The highest BCUT2D eigenvalue weighted by Crippen LogP contribution is 2.61. The molecule has 1 aromatic carbocycles. The predicted octanol–water partition coefficient (Wildman–Crippen LogP) is 3.98. The highest BCUT2D eigenvalue weighted by molar-refractivity contribution is 5.52. The van der Waals surface area contributed by atoms with Crippen molar-refractivity contribution in [3.8, 4) is 17.6 Å². The Hall–Kier alpha value is -1.46.